The van der Waals surface area contributed by atoms with Gasteiger partial charge in [0, 0.05) is 27.9 Å². The fourth-order valence-corrected chi connectivity index (χ4v) is 4.41. The van der Waals surface area contributed by atoms with E-state index in [9.17, 15) is 4.79 Å². The average Bonchev–Trinajstić information content (AvgIpc) is 3.05. The fourth-order valence-electron chi connectivity index (χ4n) is 2.51. The molecule has 0 radical (unpaired) electrons. The quantitative estimate of drug-likeness (QED) is 0.746. The highest BCUT2D eigenvalue weighted by atomic mass is 35.5. The van der Waals surface area contributed by atoms with E-state index in [1.54, 1.807) is 23.5 Å². The number of halogens is 1. The van der Waals surface area contributed by atoms with Gasteiger partial charge in [0.25, 0.3) is 0 Å². The van der Waals surface area contributed by atoms with E-state index in [-0.39, 0.29) is 11.4 Å². The molecule has 2 amide bonds. The summed E-state index contributed by atoms with van der Waals surface area (Å²) in [7, 11) is 0. The summed E-state index contributed by atoms with van der Waals surface area (Å²) < 4.78 is 0. The van der Waals surface area contributed by atoms with Crippen molar-refractivity contribution in [2.24, 2.45) is 0 Å². The maximum Gasteiger partial charge on any atom is 0.323 e. The Morgan fingerprint density at radius 1 is 1.30 bits per heavy atom. The number of nitrogens with one attached hydrogen (secondary N) is 1. The molecule has 1 aliphatic rings. The SMILES string of the molecule is CSc1cccc(NC(=O)N2CCSC2c2cccc(Cl)c2)c1. The lowest BCUT2D eigenvalue weighted by molar-refractivity contribution is 0.214. The van der Waals surface area contributed by atoms with Gasteiger partial charge in [-0.3, -0.25) is 0 Å². The Kier molecular flexibility index (Phi) is 5.41. The molecular weight excluding hydrogens is 348 g/mol. The van der Waals surface area contributed by atoms with E-state index in [1.165, 1.54) is 0 Å². The normalized spacial score (nSPS) is 17.3. The third-order valence-electron chi connectivity index (χ3n) is 3.61. The van der Waals surface area contributed by atoms with Crippen LogP contribution in [0.3, 0.4) is 0 Å². The molecule has 1 unspecified atom stereocenters. The summed E-state index contributed by atoms with van der Waals surface area (Å²) in [6, 6.07) is 15.5. The van der Waals surface area contributed by atoms with Gasteiger partial charge in [-0.05, 0) is 42.2 Å². The third kappa shape index (κ3) is 3.97. The highest BCUT2D eigenvalue weighted by molar-refractivity contribution is 7.99. The molecule has 1 heterocycles. The van der Waals surface area contributed by atoms with E-state index < -0.39 is 0 Å². The second-order valence-corrected chi connectivity index (χ2v) is 7.64. The van der Waals surface area contributed by atoms with Crippen LogP contribution in [0.5, 0.6) is 0 Å². The zero-order valence-corrected chi connectivity index (χ0v) is 15.0. The molecule has 0 saturated carbocycles. The zero-order chi connectivity index (χ0) is 16.2. The highest BCUT2D eigenvalue weighted by Gasteiger charge is 2.30. The molecule has 2 aromatic carbocycles. The van der Waals surface area contributed by atoms with Crippen molar-refractivity contribution in [1.82, 2.24) is 4.90 Å². The second kappa shape index (κ2) is 7.51. The molecule has 0 aromatic heterocycles. The number of carbonyl (C=O) groups excluding carboxylic acids is 1. The number of amides is 2. The van der Waals surface area contributed by atoms with Gasteiger partial charge < -0.3 is 10.2 Å². The number of benzene rings is 2. The molecule has 1 aliphatic heterocycles. The van der Waals surface area contributed by atoms with E-state index in [2.05, 4.69) is 5.32 Å². The largest absolute Gasteiger partial charge is 0.323 e. The minimum absolute atomic E-state index is 0.0115. The van der Waals surface area contributed by atoms with E-state index in [4.69, 9.17) is 11.6 Å². The molecule has 0 spiro atoms. The monoisotopic (exact) mass is 364 g/mol. The summed E-state index contributed by atoms with van der Waals surface area (Å²) in [5.74, 6) is 0.926. The minimum Gasteiger partial charge on any atom is -0.308 e. The van der Waals surface area contributed by atoms with Crippen molar-refractivity contribution in [3.63, 3.8) is 0 Å². The van der Waals surface area contributed by atoms with Gasteiger partial charge in [-0.2, -0.15) is 0 Å². The van der Waals surface area contributed by atoms with Gasteiger partial charge in [-0.25, -0.2) is 4.79 Å². The molecule has 3 rings (SSSR count). The minimum atomic E-state index is -0.0711. The Balaban J connectivity index is 1.75. The molecule has 120 valence electrons. The molecule has 6 heteroatoms. The number of anilines is 1. The Bertz CT molecular complexity index is 710. The smallest absolute Gasteiger partial charge is 0.308 e. The molecule has 1 fully saturated rings. The molecular formula is C17H17ClN2OS2. The Morgan fingerprint density at radius 3 is 2.91 bits per heavy atom. The van der Waals surface area contributed by atoms with Crippen molar-refractivity contribution in [1.29, 1.82) is 0 Å². The predicted molar refractivity (Wildman–Crippen MR) is 101 cm³/mol. The molecule has 1 atom stereocenters. The number of carbonyl (C=O) groups is 1. The first-order valence-electron chi connectivity index (χ1n) is 7.26. The summed E-state index contributed by atoms with van der Waals surface area (Å²) in [5, 5.41) is 3.71. The topological polar surface area (TPSA) is 32.3 Å². The van der Waals surface area contributed by atoms with Gasteiger partial charge in [0.05, 0.1) is 0 Å². The number of thioether (sulfide) groups is 2. The molecule has 0 aliphatic carbocycles. The molecule has 3 nitrogen and oxygen atoms in total. The summed E-state index contributed by atoms with van der Waals surface area (Å²) >= 11 is 9.50. The van der Waals surface area contributed by atoms with E-state index in [1.807, 2.05) is 59.7 Å². The first kappa shape index (κ1) is 16.6. The summed E-state index contributed by atoms with van der Waals surface area (Å²) in [4.78, 5) is 15.6. The predicted octanol–water partition coefficient (Wildman–Crippen LogP) is 5.34. The van der Waals surface area contributed by atoms with Crippen LogP contribution in [0.1, 0.15) is 10.9 Å². The molecule has 23 heavy (non-hydrogen) atoms. The standard InChI is InChI=1S/C17H17ClN2OS2/c1-22-15-7-3-6-14(11-15)19-17(21)20-8-9-23-16(20)12-4-2-5-13(18)10-12/h2-7,10-11,16H,8-9H2,1H3,(H,19,21). The van der Waals surface area contributed by atoms with Crippen LogP contribution in [0.15, 0.2) is 53.4 Å². The van der Waals surface area contributed by atoms with Crippen LogP contribution in [0.2, 0.25) is 5.02 Å². The van der Waals surface area contributed by atoms with Crippen LogP contribution < -0.4 is 5.32 Å². The van der Waals surface area contributed by atoms with Crippen molar-refractivity contribution < 1.29 is 4.79 Å². The van der Waals surface area contributed by atoms with E-state index in [0.29, 0.717) is 5.02 Å². The molecule has 0 bridgehead atoms. The van der Waals surface area contributed by atoms with Gasteiger partial charge in [-0.1, -0.05) is 29.8 Å². The molecule has 2 aromatic rings. The number of hydrogen-bond donors (Lipinski definition) is 1. The van der Waals surface area contributed by atoms with Crippen molar-refractivity contribution >= 4 is 46.8 Å². The Hall–Kier alpha value is -1.30. The van der Waals surface area contributed by atoms with Gasteiger partial charge in [-0.15, -0.1) is 23.5 Å². The number of nitrogens with zero attached hydrogens (tertiary/aromatic N) is 1. The Morgan fingerprint density at radius 2 is 2.13 bits per heavy atom. The average molecular weight is 365 g/mol. The van der Waals surface area contributed by atoms with Crippen LogP contribution in [-0.2, 0) is 0 Å². The number of urea groups is 1. The summed E-state index contributed by atoms with van der Waals surface area (Å²) in [6.45, 7) is 0.732. The van der Waals surface area contributed by atoms with E-state index in [0.717, 1.165) is 28.4 Å². The van der Waals surface area contributed by atoms with Gasteiger partial charge in [0.1, 0.15) is 5.37 Å². The van der Waals surface area contributed by atoms with Crippen molar-refractivity contribution in [2.45, 2.75) is 10.3 Å². The third-order valence-corrected chi connectivity index (χ3v) is 5.83. The lowest BCUT2D eigenvalue weighted by Crippen LogP contribution is -2.34. The number of rotatable bonds is 3. The second-order valence-electron chi connectivity index (χ2n) is 5.13. The first-order chi connectivity index (χ1) is 11.2. The Labute approximate surface area is 149 Å². The summed E-state index contributed by atoms with van der Waals surface area (Å²) in [5.41, 5.74) is 1.89. The van der Waals surface area contributed by atoms with Gasteiger partial charge in [0.15, 0.2) is 0 Å². The van der Waals surface area contributed by atoms with Gasteiger partial charge >= 0.3 is 6.03 Å². The van der Waals surface area contributed by atoms with E-state index >= 15 is 0 Å². The first-order valence-corrected chi connectivity index (χ1v) is 9.91. The van der Waals surface area contributed by atoms with Crippen molar-refractivity contribution in [2.75, 3.05) is 23.9 Å². The highest BCUT2D eigenvalue weighted by Crippen LogP contribution is 2.38. The molecule has 1 saturated heterocycles. The van der Waals surface area contributed by atoms with Gasteiger partial charge in [0.2, 0.25) is 0 Å². The van der Waals surface area contributed by atoms with Crippen molar-refractivity contribution in [3.8, 4) is 0 Å². The maximum atomic E-state index is 12.6. The molecule has 1 N–H and O–H groups in total. The van der Waals surface area contributed by atoms with Crippen LogP contribution >= 0.6 is 35.1 Å². The van der Waals surface area contributed by atoms with Crippen molar-refractivity contribution in [3.05, 3.63) is 59.1 Å². The maximum absolute atomic E-state index is 12.6. The number of hydrogen-bond acceptors (Lipinski definition) is 3. The lowest BCUT2D eigenvalue weighted by Gasteiger charge is -2.24. The lowest BCUT2D eigenvalue weighted by atomic mass is 10.2. The fraction of sp³-hybridized carbons (Fsp3) is 0.235. The van der Waals surface area contributed by atoms with Crippen LogP contribution in [0.25, 0.3) is 0 Å². The zero-order valence-electron chi connectivity index (χ0n) is 12.7. The van der Waals surface area contributed by atoms with Crippen LogP contribution in [0, 0.1) is 0 Å². The van der Waals surface area contributed by atoms with Crippen LogP contribution in [-0.4, -0.2) is 29.5 Å². The van der Waals surface area contributed by atoms with Crippen LogP contribution in [0.4, 0.5) is 10.5 Å². The summed E-state index contributed by atoms with van der Waals surface area (Å²) in [6.07, 6.45) is 2.02.